The zero-order valence-electron chi connectivity index (χ0n) is 11.4. The highest BCUT2D eigenvalue weighted by molar-refractivity contribution is 6.32. The molecule has 18 heavy (non-hydrogen) atoms. The number of hydrogen-bond acceptors (Lipinski definition) is 4. The summed E-state index contributed by atoms with van der Waals surface area (Å²) in [6.07, 6.45) is 2.57. The van der Waals surface area contributed by atoms with Crippen molar-refractivity contribution in [3.8, 4) is 0 Å². The highest BCUT2D eigenvalue weighted by Gasteiger charge is 2.29. The van der Waals surface area contributed by atoms with E-state index in [0.29, 0.717) is 18.1 Å². The van der Waals surface area contributed by atoms with Crippen molar-refractivity contribution in [3.05, 3.63) is 23.6 Å². The second-order valence-electron chi connectivity index (χ2n) is 5.21. The molecule has 0 bridgehead atoms. The van der Waals surface area contributed by atoms with Crippen LogP contribution in [0.15, 0.2) is 12.4 Å². The Balaban J connectivity index is 1.79. The Morgan fingerprint density at radius 3 is 3.11 bits per heavy atom. The summed E-state index contributed by atoms with van der Waals surface area (Å²) >= 11 is 0. The molecule has 1 aromatic heterocycles. The van der Waals surface area contributed by atoms with Crippen LogP contribution in [0.25, 0.3) is 5.57 Å². The van der Waals surface area contributed by atoms with E-state index in [0.717, 1.165) is 36.3 Å². The normalized spacial score (nSPS) is 28.1. The molecule has 1 N–H and O–H groups in total. The van der Waals surface area contributed by atoms with Crippen LogP contribution in [0.5, 0.6) is 0 Å². The van der Waals surface area contributed by atoms with E-state index in [-0.39, 0.29) is 12.4 Å². The Hall–Kier alpha value is -1.20. The minimum Gasteiger partial charge on any atom is -0.391 e. The average molecular weight is 242 g/mol. The molecule has 92 valence electrons. The largest absolute Gasteiger partial charge is 0.391 e. The number of β-amino-alcohol motifs (C(OH)–C–C–N with tert-alkyl or cyclic N) is 1. The molecule has 0 amide bonds. The molecule has 2 radical (unpaired) electrons. The Kier molecular flexibility index (Phi) is 2.66. The molecular weight excluding hydrogens is 225 g/mol. The lowest BCUT2D eigenvalue weighted by Gasteiger charge is -2.16. The number of rotatable bonds is 2. The van der Waals surface area contributed by atoms with Crippen LogP contribution in [0.2, 0.25) is 0 Å². The van der Waals surface area contributed by atoms with Gasteiger partial charge in [-0.25, -0.2) is 4.98 Å². The number of allylic oxidation sites excluding steroid dienone is 1. The maximum absolute atomic E-state index is 9.79. The topological polar surface area (TPSA) is 49.2 Å². The van der Waals surface area contributed by atoms with Gasteiger partial charge in [-0.15, -0.1) is 0 Å². The third kappa shape index (κ3) is 1.97. The van der Waals surface area contributed by atoms with Gasteiger partial charge >= 0.3 is 0 Å². The molecule has 1 aliphatic heterocycles. The first-order valence-electron chi connectivity index (χ1n) is 6.77. The smallest absolute Gasteiger partial charge is 0.142 e. The van der Waals surface area contributed by atoms with E-state index in [2.05, 4.69) is 27.9 Å². The van der Waals surface area contributed by atoms with Crippen molar-refractivity contribution in [1.82, 2.24) is 14.9 Å². The third-order valence-corrected chi connectivity index (χ3v) is 3.83. The van der Waals surface area contributed by atoms with Gasteiger partial charge in [0.25, 0.3) is 0 Å². The number of hydrogen-bond donors (Lipinski definition) is 1. The van der Waals surface area contributed by atoms with Crippen LogP contribution in [-0.2, 0) is 6.42 Å². The Morgan fingerprint density at radius 2 is 2.39 bits per heavy atom. The second kappa shape index (κ2) is 4.48. The molecule has 1 fully saturated rings. The third-order valence-electron chi connectivity index (χ3n) is 3.83. The van der Waals surface area contributed by atoms with E-state index >= 15 is 0 Å². The van der Waals surface area contributed by atoms with Crippen LogP contribution in [0.1, 0.15) is 19.6 Å². The maximum Gasteiger partial charge on any atom is 0.142 e. The molecule has 0 spiro atoms. The summed E-state index contributed by atoms with van der Waals surface area (Å²) in [5.41, 5.74) is 3.25. The summed E-state index contributed by atoms with van der Waals surface area (Å²) in [7, 11) is 5.83. The summed E-state index contributed by atoms with van der Waals surface area (Å²) < 4.78 is 7.56. The van der Waals surface area contributed by atoms with Gasteiger partial charge in [0, 0.05) is 19.6 Å². The van der Waals surface area contributed by atoms with Gasteiger partial charge in [0.05, 0.1) is 11.8 Å². The summed E-state index contributed by atoms with van der Waals surface area (Å²) in [6, 6.07) is 0. The molecule has 2 aliphatic rings. The zero-order valence-corrected chi connectivity index (χ0v) is 10.4. The van der Waals surface area contributed by atoms with E-state index in [4.69, 9.17) is 9.22 Å². The summed E-state index contributed by atoms with van der Waals surface area (Å²) in [5.74, 6) is 0.309. The number of aliphatic hydroxyl groups is 1. The molecule has 4 nitrogen and oxygen atoms in total. The lowest BCUT2D eigenvalue weighted by molar-refractivity contribution is 0.150. The quantitative estimate of drug-likeness (QED) is 0.712. The minimum atomic E-state index is -0.247. The minimum absolute atomic E-state index is 0.0288. The fraction of sp³-hybridized carbons (Fsp3) is 0.538. The maximum atomic E-state index is 9.79. The first-order valence-corrected chi connectivity index (χ1v) is 6.27. The number of nitrogens with zero attached hydrogens (tertiary/aromatic N) is 3. The fourth-order valence-corrected chi connectivity index (χ4v) is 2.73. The first-order chi connectivity index (χ1) is 9.04. The highest BCUT2D eigenvalue weighted by atomic mass is 16.3. The Bertz CT molecular complexity index is 539. The van der Waals surface area contributed by atoms with E-state index < -0.39 is 0 Å². The number of aromatic nitrogens is 2. The van der Waals surface area contributed by atoms with Crippen LogP contribution in [0.4, 0.5) is 0 Å². The molecule has 2 heterocycles. The molecule has 0 unspecified atom stereocenters. The molecule has 0 aromatic carbocycles. The number of likely N-dealkylation sites (tertiary alicyclic amines) is 1. The van der Waals surface area contributed by atoms with Crippen molar-refractivity contribution in [2.75, 3.05) is 19.6 Å². The lowest BCUT2D eigenvalue weighted by atomic mass is 9.96. The SMILES string of the molecule is [2H]c1nc([B])c2c(n1)C(CN1C[C@H](C)[C@@H](O)C1)=CC2. The van der Waals surface area contributed by atoms with E-state index in [1.165, 1.54) is 0 Å². The van der Waals surface area contributed by atoms with Gasteiger partial charge in [0.1, 0.15) is 15.5 Å². The van der Waals surface area contributed by atoms with Gasteiger partial charge in [-0.05, 0) is 29.1 Å². The number of fused-ring (bicyclic) bond motifs is 1. The average Bonchev–Trinajstić information content (AvgIpc) is 2.85. The van der Waals surface area contributed by atoms with Crippen molar-refractivity contribution in [2.45, 2.75) is 19.4 Å². The molecule has 5 heteroatoms. The van der Waals surface area contributed by atoms with E-state index in [9.17, 15) is 5.11 Å². The van der Waals surface area contributed by atoms with Gasteiger partial charge in [-0.1, -0.05) is 13.0 Å². The Labute approximate surface area is 110 Å². The number of aliphatic hydroxyl groups excluding tert-OH is 1. The van der Waals surface area contributed by atoms with Gasteiger partial charge in [-0.3, -0.25) is 9.88 Å². The van der Waals surface area contributed by atoms with Gasteiger partial charge in [0.15, 0.2) is 0 Å². The van der Waals surface area contributed by atoms with E-state index in [1.54, 1.807) is 0 Å². The monoisotopic (exact) mass is 242 g/mol. The van der Waals surface area contributed by atoms with Gasteiger partial charge < -0.3 is 5.11 Å². The van der Waals surface area contributed by atoms with Gasteiger partial charge in [0.2, 0.25) is 0 Å². The summed E-state index contributed by atoms with van der Waals surface area (Å²) in [5, 5.41) is 9.79. The van der Waals surface area contributed by atoms with Crippen LogP contribution in [0, 0.1) is 5.92 Å². The van der Waals surface area contributed by atoms with Crippen LogP contribution in [-0.4, -0.2) is 53.6 Å². The Morgan fingerprint density at radius 1 is 1.56 bits per heavy atom. The molecule has 3 rings (SSSR count). The zero-order chi connectivity index (χ0) is 13.6. The summed E-state index contributed by atoms with van der Waals surface area (Å²) in [6.45, 7) is 4.40. The van der Waals surface area contributed by atoms with Crippen molar-refractivity contribution in [2.24, 2.45) is 5.92 Å². The second-order valence-corrected chi connectivity index (χ2v) is 5.21. The van der Waals surface area contributed by atoms with Crippen molar-refractivity contribution in [1.29, 1.82) is 0 Å². The predicted molar refractivity (Wildman–Crippen MR) is 70.7 cm³/mol. The fourth-order valence-electron chi connectivity index (χ4n) is 2.73. The van der Waals surface area contributed by atoms with Crippen LogP contribution in [0.3, 0.4) is 0 Å². The van der Waals surface area contributed by atoms with Crippen LogP contribution < -0.4 is 5.59 Å². The first kappa shape index (κ1) is 10.7. The molecule has 1 aliphatic carbocycles. The van der Waals surface area contributed by atoms with E-state index in [1.807, 2.05) is 0 Å². The van der Waals surface area contributed by atoms with Crippen molar-refractivity contribution < 1.29 is 6.48 Å². The molecular formula is C13H16BN3O. The van der Waals surface area contributed by atoms with Gasteiger partial charge in [-0.2, -0.15) is 0 Å². The molecule has 2 atom stereocenters. The molecule has 0 saturated carbocycles. The molecule has 1 aromatic rings. The lowest BCUT2D eigenvalue weighted by Crippen LogP contribution is -2.24. The van der Waals surface area contributed by atoms with Crippen molar-refractivity contribution in [3.63, 3.8) is 0 Å². The highest BCUT2D eigenvalue weighted by Crippen LogP contribution is 2.26. The summed E-state index contributed by atoms with van der Waals surface area (Å²) in [4.78, 5) is 10.3. The standard InChI is InChI=1S/C13H16BN3O/c1-8-4-17(6-11(8)18)5-9-2-3-10-12(9)15-7-16-13(10)14/h2,7-8,11,18H,3-6H2,1H3/t8-,11-/m0/s1/i7D. The van der Waals surface area contributed by atoms with Crippen molar-refractivity contribution >= 4 is 19.0 Å². The van der Waals surface area contributed by atoms with Crippen LogP contribution >= 0.6 is 0 Å². The molecule has 1 saturated heterocycles. The predicted octanol–water partition coefficient (Wildman–Crippen LogP) is -0.478.